The minimum Gasteiger partial charge on any atom is -0.348 e. The van der Waals surface area contributed by atoms with Crippen molar-refractivity contribution in [2.75, 3.05) is 0 Å². The van der Waals surface area contributed by atoms with Crippen LogP contribution in [0, 0.1) is 0 Å². The van der Waals surface area contributed by atoms with Crippen molar-refractivity contribution in [3.8, 4) is 0 Å². The van der Waals surface area contributed by atoms with Crippen LogP contribution < -0.4 is 5.32 Å². The minimum atomic E-state index is -0.0594. The molecule has 1 saturated carbocycles. The Morgan fingerprint density at radius 1 is 1.22 bits per heavy atom. The fourth-order valence-corrected chi connectivity index (χ4v) is 2.88. The van der Waals surface area contributed by atoms with E-state index in [0.29, 0.717) is 23.8 Å². The topological polar surface area (TPSA) is 59.3 Å². The van der Waals surface area contributed by atoms with Gasteiger partial charge in [0.2, 0.25) is 5.78 Å². The summed E-state index contributed by atoms with van der Waals surface area (Å²) in [6.45, 7) is 0.449. The lowest BCUT2D eigenvalue weighted by Gasteiger charge is -2.25. The van der Waals surface area contributed by atoms with Crippen LogP contribution in [0.1, 0.15) is 46.7 Å². The van der Waals surface area contributed by atoms with E-state index in [1.807, 2.05) is 28.9 Å². The Morgan fingerprint density at radius 3 is 2.78 bits per heavy atom. The highest BCUT2D eigenvalue weighted by molar-refractivity contribution is 5.94. The van der Waals surface area contributed by atoms with Crippen molar-refractivity contribution in [3.05, 3.63) is 65.7 Å². The molecular weight excluding hydrogens is 288 g/mol. The summed E-state index contributed by atoms with van der Waals surface area (Å²) >= 11 is 0. The number of benzene rings is 1. The van der Waals surface area contributed by atoms with Crippen LogP contribution in [0.4, 0.5) is 0 Å². The van der Waals surface area contributed by atoms with Gasteiger partial charge in [0.05, 0.1) is 0 Å². The van der Waals surface area contributed by atoms with Crippen LogP contribution in [0.2, 0.25) is 0 Å². The van der Waals surface area contributed by atoms with Gasteiger partial charge in [0.15, 0.2) is 0 Å². The average molecular weight is 306 g/mol. The predicted octanol–water partition coefficient (Wildman–Crippen LogP) is 2.93. The smallest absolute Gasteiger partial charge is 0.251 e. The molecule has 2 aromatic heterocycles. The summed E-state index contributed by atoms with van der Waals surface area (Å²) in [6, 6.07) is 8.00. The summed E-state index contributed by atoms with van der Waals surface area (Å²) in [5, 5.41) is 2.94. The van der Waals surface area contributed by atoms with E-state index in [9.17, 15) is 4.79 Å². The number of hydrogen-bond donors (Lipinski definition) is 1. The van der Waals surface area contributed by atoms with E-state index in [2.05, 4.69) is 27.4 Å². The van der Waals surface area contributed by atoms with E-state index in [-0.39, 0.29) is 5.91 Å². The van der Waals surface area contributed by atoms with Gasteiger partial charge in [0, 0.05) is 42.5 Å². The number of rotatable bonds is 4. The van der Waals surface area contributed by atoms with E-state index in [0.717, 1.165) is 5.56 Å². The fourth-order valence-electron chi connectivity index (χ4n) is 2.88. The number of imidazole rings is 1. The first-order valence-electron chi connectivity index (χ1n) is 7.95. The third-order valence-electron chi connectivity index (χ3n) is 4.50. The van der Waals surface area contributed by atoms with Gasteiger partial charge in [0.1, 0.15) is 0 Å². The molecule has 3 aromatic rings. The van der Waals surface area contributed by atoms with Crippen molar-refractivity contribution < 1.29 is 4.79 Å². The summed E-state index contributed by atoms with van der Waals surface area (Å²) in [7, 11) is 0. The zero-order chi connectivity index (χ0) is 15.6. The Labute approximate surface area is 134 Å². The van der Waals surface area contributed by atoms with Crippen molar-refractivity contribution in [2.45, 2.75) is 31.7 Å². The normalized spacial score (nSPS) is 14.6. The van der Waals surface area contributed by atoms with Gasteiger partial charge in [0.25, 0.3) is 5.91 Å². The minimum absolute atomic E-state index is 0.0594. The molecule has 1 N–H and O–H groups in total. The van der Waals surface area contributed by atoms with Gasteiger partial charge in [-0.25, -0.2) is 9.97 Å². The number of amides is 1. The molecule has 1 aromatic carbocycles. The number of carbonyl (C=O) groups is 1. The van der Waals surface area contributed by atoms with Crippen molar-refractivity contribution in [2.24, 2.45) is 0 Å². The molecule has 0 atom stereocenters. The molecule has 5 heteroatoms. The molecule has 0 unspecified atom stereocenters. The monoisotopic (exact) mass is 306 g/mol. The van der Waals surface area contributed by atoms with E-state index in [4.69, 9.17) is 0 Å². The third-order valence-corrected chi connectivity index (χ3v) is 4.50. The summed E-state index contributed by atoms with van der Waals surface area (Å²) in [5.41, 5.74) is 2.99. The van der Waals surface area contributed by atoms with Gasteiger partial charge in [-0.05, 0) is 36.5 Å². The highest BCUT2D eigenvalue weighted by Gasteiger charge is 2.19. The maximum atomic E-state index is 12.2. The van der Waals surface area contributed by atoms with E-state index in [1.54, 1.807) is 12.4 Å². The van der Waals surface area contributed by atoms with Crippen molar-refractivity contribution >= 4 is 11.7 Å². The quantitative estimate of drug-likeness (QED) is 0.806. The van der Waals surface area contributed by atoms with E-state index < -0.39 is 0 Å². The number of nitrogens with zero attached hydrogens (tertiary/aromatic N) is 3. The van der Waals surface area contributed by atoms with Gasteiger partial charge in [-0.15, -0.1) is 0 Å². The molecule has 0 spiro atoms. The number of aromatic nitrogens is 3. The van der Waals surface area contributed by atoms with Gasteiger partial charge in [-0.2, -0.15) is 0 Å². The Hall–Kier alpha value is -2.69. The molecule has 2 heterocycles. The maximum absolute atomic E-state index is 12.2. The average Bonchev–Trinajstić information content (AvgIpc) is 2.99. The first kappa shape index (κ1) is 13.9. The Bertz CT molecular complexity index is 834. The fraction of sp³-hybridized carbons (Fsp3) is 0.278. The first-order valence-corrected chi connectivity index (χ1v) is 7.95. The Kier molecular flexibility index (Phi) is 3.54. The molecule has 1 aliphatic rings. The van der Waals surface area contributed by atoms with Crippen LogP contribution in [0.15, 0.2) is 49.1 Å². The lowest BCUT2D eigenvalue weighted by molar-refractivity contribution is 0.0951. The van der Waals surface area contributed by atoms with Gasteiger partial charge < -0.3 is 5.32 Å². The SMILES string of the molecule is O=C(NCc1cnc2nccn2c1)c1ccc(C2CCC2)cc1. The van der Waals surface area contributed by atoms with Crippen LogP contribution in [-0.2, 0) is 6.54 Å². The van der Waals surface area contributed by atoms with Gasteiger partial charge in [-0.3, -0.25) is 9.20 Å². The highest BCUT2D eigenvalue weighted by atomic mass is 16.1. The zero-order valence-corrected chi connectivity index (χ0v) is 12.8. The van der Waals surface area contributed by atoms with E-state index in [1.165, 1.54) is 24.8 Å². The molecule has 1 fully saturated rings. The molecule has 5 nitrogen and oxygen atoms in total. The third kappa shape index (κ3) is 2.82. The second-order valence-electron chi connectivity index (χ2n) is 6.03. The molecular formula is C18H18N4O. The molecule has 0 radical (unpaired) electrons. The standard InChI is InChI=1S/C18H18N4O/c23-17(16-6-4-15(5-7-16)14-2-1-3-14)20-10-13-11-21-18-19-8-9-22(18)12-13/h4-9,11-12,14H,1-3,10H2,(H,20,23). The van der Waals surface area contributed by atoms with Gasteiger partial charge >= 0.3 is 0 Å². The predicted molar refractivity (Wildman–Crippen MR) is 87.2 cm³/mol. The molecule has 0 bridgehead atoms. The summed E-state index contributed by atoms with van der Waals surface area (Å²) in [5.74, 6) is 1.29. The second kappa shape index (κ2) is 5.83. The largest absolute Gasteiger partial charge is 0.348 e. The number of fused-ring (bicyclic) bond motifs is 1. The van der Waals surface area contributed by atoms with Crippen LogP contribution in [0.25, 0.3) is 5.78 Å². The number of carbonyl (C=O) groups excluding carboxylic acids is 1. The Morgan fingerprint density at radius 2 is 2.04 bits per heavy atom. The van der Waals surface area contributed by atoms with Crippen molar-refractivity contribution in [1.82, 2.24) is 19.7 Å². The van der Waals surface area contributed by atoms with Crippen LogP contribution >= 0.6 is 0 Å². The van der Waals surface area contributed by atoms with Crippen molar-refractivity contribution in [1.29, 1.82) is 0 Å². The molecule has 1 aliphatic carbocycles. The van der Waals surface area contributed by atoms with Gasteiger partial charge in [-0.1, -0.05) is 18.6 Å². The summed E-state index contributed by atoms with van der Waals surface area (Å²) < 4.78 is 1.84. The molecule has 116 valence electrons. The molecule has 4 rings (SSSR count). The maximum Gasteiger partial charge on any atom is 0.251 e. The van der Waals surface area contributed by atoms with Crippen molar-refractivity contribution in [3.63, 3.8) is 0 Å². The van der Waals surface area contributed by atoms with Crippen LogP contribution in [-0.4, -0.2) is 20.3 Å². The number of nitrogens with one attached hydrogen (secondary N) is 1. The molecule has 0 saturated heterocycles. The van der Waals surface area contributed by atoms with Crippen LogP contribution in [0.3, 0.4) is 0 Å². The lowest BCUT2D eigenvalue weighted by Crippen LogP contribution is -2.23. The Balaban J connectivity index is 1.40. The second-order valence-corrected chi connectivity index (χ2v) is 6.03. The zero-order valence-electron chi connectivity index (χ0n) is 12.8. The molecule has 0 aliphatic heterocycles. The summed E-state index contributed by atoms with van der Waals surface area (Å²) in [6.07, 6.45) is 11.1. The molecule has 23 heavy (non-hydrogen) atoms. The lowest BCUT2D eigenvalue weighted by atomic mass is 9.80. The highest BCUT2D eigenvalue weighted by Crippen LogP contribution is 2.36. The number of hydrogen-bond acceptors (Lipinski definition) is 3. The van der Waals surface area contributed by atoms with E-state index >= 15 is 0 Å². The molecule has 1 amide bonds. The first-order chi connectivity index (χ1) is 11.3. The summed E-state index contributed by atoms with van der Waals surface area (Å²) in [4.78, 5) is 20.6. The van der Waals surface area contributed by atoms with Crippen LogP contribution in [0.5, 0.6) is 0 Å².